The van der Waals surface area contributed by atoms with Crippen molar-refractivity contribution >= 4 is 11.6 Å². The number of benzene rings is 1. The maximum atomic E-state index is 5.97. The number of nitrogens with zero attached hydrogens (tertiary/aromatic N) is 1. The van der Waals surface area contributed by atoms with Gasteiger partial charge in [-0.1, -0.05) is 6.42 Å². The minimum atomic E-state index is 0.294. The van der Waals surface area contributed by atoms with E-state index in [1.165, 1.54) is 19.3 Å². The number of nitrogens with one attached hydrogen (secondary N) is 1. The molecule has 5 heteroatoms. The highest BCUT2D eigenvalue weighted by Gasteiger charge is 2.36. The summed E-state index contributed by atoms with van der Waals surface area (Å²) in [6, 6.07) is 7.62. The lowest BCUT2D eigenvalue weighted by Gasteiger charge is -2.40. The standard InChI is InChI=1S/C16H25N3O2/c1-20-11-10-16(8-3-9-16)12-18-15(17)19-13-4-6-14(21-2)7-5-13/h4-7H,3,8-12H2,1-2H3,(H3,17,18,19). The predicted octanol–water partition coefficient (Wildman–Crippen LogP) is 2.63. The van der Waals surface area contributed by atoms with Crippen LogP contribution in [0.3, 0.4) is 0 Å². The van der Waals surface area contributed by atoms with Gasteiger partial charge in [-0.25, -0.2) is 0 Å². The summed E-state index contributed by atoms with van der Waals surface area (Å²) in [7, 11) is 3.39. The fourth-order valence-corrected chi connectivity index (χ4v) is 2.60. The van der Waals surface area contributed by atoms with Crippen molar-refractivity contribution < 1.29 is 9.47 Å². The first kappa shape index (κ1) is 15.6. The van der Waals surface area contributed by atoms with Crippen LogP contribution in [-0.2, 0) is 4.74 Å². The van der Waals surface area contributed by atoms with Crippen LogP contribution in [0.25, 0.3) is 0 Å². The van der Waals surface area contributed by atoms with Gasteiger partial charge in [-0.2, -0.15) is 0 Å². The molecular weight excluding hydrogens is 266 g/mol. The first-order valence-electron chi connectivity index (χ1n) is 7.37. The molecule has 5 nitrogen and oxygen atoms in total. The zero-order valence-electron chi connectivity index (χ0n) is 12.9. The fraction of sp³-hybridized carbons (Fsp3) is 0.562. The highest BCUT2D eigenvalue weighted by molar-refractivity contribution is 5.92. The van der Waals surface area contributed by atoms with Gasteiger partial charge in [0.25, 0.3) is 0 Å². The van der Waals surface area contributed by atoms with E-state index in [4.69, 9.17) is 15.2 Å². The summed E-state index contributed by atoms with van der Waals surface area (Å²) in [5, 5.41) is 3.11. The number of aliphatic imine (C=N–C) groups is 1. The van der Waals surface area contributed by atoms with Gasteiger partial charge in [0.15, 0.2) is 5.96 Å². The van der Waals surface area contributed by atoms with Crippen LogP contribution < -0.4 is 15.8 Å². The lowest BCUT2D eigenvalue weighted by atomic mass is 9.67. The van der Waals surface area contributed by atoms with Crippen LogP contribution >= 0.6 is 0 Å². The summed E-state index contributed by atoms with van der Waals surface area (Å²) in [6.45, 7) is 1.56. The van der Waals surface area contributed by atoms with Crippen LogP contribution in [0.4, 0.5) is 5.69 Å². The summed E-state index contributed by atoms with van der Waals surface area (Å²) in [5.41, 5.74) is 7.17. The molecule has 0 heterocycles. The molecule has 0 amide bonds. The number of guanidine groups is 1. The van der Waals surface area contributed by atoms with Crippen molar-refractivity contribution in [1.82, 2.24) is 0 Å². The van der Waals surface area contributed by atoms with Gasteiger partial charge in [-0.3, -0.25) is 4.99 Å². The van der Waals surface area contributed by atoms with Crippen molar-refractivity contribution in [2.75, 3.05) is 32.7 Å². The summed E-state index contributed by atoms with van der Waals surface area (Å²) in [6.07, 6.45) is 4.78. The third-order valence-corrected chi connectivity index (χ3v) is 4.20. The maximum Gasteiger partial charge on any atom is 0.193 e. The first-order valence-corrected chi connectivity index (χ1v) is 7.37. The minimum Gasteiger partial charge on any atom is -0.497 e. The molecule has 0 spiro atoms. The monoisotopic (exact) mass is 291 g/mol. The molecule has 0 saturated heterocycles. The van der Waals surface area contributed by atoms with Gasteiger partial charge in [-0.15, -0.1) is 0 Å². The number of rotatable bonds is 7. The number of methoxy groups -OCH3 is 2. The van der Waals surface area contributed by atoms with Crippen LogP contribution in [0, 0.1) is 5.41 Å². The average molecular weight is 291 g/mol. The number of anilines is 1. The van der Waals surface area contributed by atoms with Crippen molar-refractivity contribution in [1.29, 1.82) is 0 Å². The second-order valence-corrected chi connectivity index (χ2v) is 5.65. The largest absolute Gasteiger partial charge is 0.497 e. The van der Waals surface area contributed by atoms with E-state index in [1.807, 2.05) is 24.3 Å². The average Bonchev–Trinajstić information content (AvgIpc) is 2.46. The van der Waals surface area contributed by atoms with Gasteiger partial charge in [0, 0.05) is 25.9 Å². The summed E-state index contributed by atoms with van der Waals surface area (Å²) in [5.74, 6) is 1.29. The molecule has 0 atom stereocenters. The van der Waals surface area contributed by atoms with E-state index in [-0.39, 0.29) is 0 Å². The highest BCUT2D eigenvalue weighted by Crippen LogP contribution is 2.44. The van der Waals surface area contributed by atoms with E-state index in [1.54, 1.807) is 14.2 Å². The van der Waals surface area contributed by atoms with Crippen molar-refractivity contribution in [3.63, 3.8) is 0 Å². The summed E-state index contributed by atoms with van der Waals surface area (Å²) in [4.78, 5) is 4.51. The number of hydrogen-bond acceptors (Lipinski definition) is 3. The van der Waals surface area contributed by atoms with Crippen LogP contribution in [0.15, 0.2) is 29.3 Å². The Balaban J connectivity index is 1.87. The third kappa shape index (κ3) is 4.36. The fourth-order valence-electron chi connectivity index (χ4n) is 2.60. The van der Waals surface area contributed by atoms with Gasteiger partial charge >= 0.3 is 0 Å². The maximum absolute atomic E-state index is 5.97. The molecular formula is C16H25N3O2. The van der Waals surface area contributed by atoms with E-state index in [0.717, 1.165) is 31.0 Å². The van der Waals surface area contributed by atoms with Crippen LogP contribution in [0.1, 0.15) is 25.7 Å². The lowest BCUT2D eigenvalue weighted by molar-refractivity contribution is 0.0780. The van der Waals surface area contributed by atoms with Crippen molar-refractivity contribution in [3.8, 4) is 5.75 Å². The molecule has 0 aliphatic heterocycles. The summed E-state index contributed by atoms with van der Waals surface area (Å²) < 4.78 is 10.3. The highest BCUT2D eigenvalue weighted by atomic mass is 16.5. The number of ether oxygens (including phenoxy) is 2. The number of nitrogens with two attached hydrogens (primary N) is 1. The Kier molecular flexibility index (Phi) is 5.44. The molecule has 21 heavy (non-hydrogen) atoms. The molecule has 2 rings (SSSR count). The van der Waals surface area contributed by atoms with E-state index in [9.17, 15) is 0 Å². The molecule has 1 aliphatic carbocycles. The van der Waals surface area contributed by atoms with Crippen LogP contribution in [0.2, 0.25) is 0 Å². The zero-order chi connectivity index (χ0) is 15.1. The first-order chi connectivity index (χ1) is 10.2. The van der Waals surface area contributed by atoms with E-state index in [2.05, 4.69) is 10.3 Å². The SMILES string of the molecule is COCCC1(CN=C(N)Nc2ccc(OC)cc2)CCC1. The smallest absolute Gasteiger partial charge is 0.193 e. The Bertz CT molecular complexity index is 467. The minimum absolute atomic E-state index is 0.294. The quantitative estimate of drug-likeness (QED) is 0.598. The Morgan fingerprint density at radius 2 is 2.00 bits per heavy atom. The van der Waals surface area contributed by atoms with Gasteiger partial charge in [0.05, 0.1) is 7.11 Å². The molecule has 1 fully saturated rings. The van der Waals surface area contributed by atoms with Crippen molar-refractivity contribution in [3.05, 3.63) is 24.3 Å². The molecule has 0 unspecified atom stereocenters. The molecule has 0 bridgehead atoms. The number of hydrogen-bond donors (Lipinski definition) is 2. The molecule has 0 aromatic heterocycles. The molecule has 1 aromatic rings. The molecule has 3 N–H and O–H groups in total. The van der Waals surface area contributed by atoms with Gasteiger partial charge < -0.3 is 20.5 Å². The van der Waals surface area contributed by atoms with Crippen LogP contribution in [0.5, 0.6) is 5.75 Å². The van der Waals surface area contributed by atoms with E-state index in [0.29, 0.717) is 11.4 Å². The molecule has 0 radical (unpaired) electrons. The second kappa shape index (κ2) is 7.31. The van der Waals surface area contributed by atoms with Crippen molar-refractivity contribution in [2.24, 2.45) is 16.1 Å². The Labute approximate surface area is 126 Å². The molecule has 116 valence electrons. The normalized spacial score (nSPS) is 17.1. The molecule has 1 aromatic carbocycles. The third-order valence-electron chi connectivity index (χ3n) is 4.20. The van der Waals surface area contributed by atoms with Gasteiger partial charge in [0.1, 0.15) is 5.75 Å². The van der Waals surface area contributed by atoms with Gasteiger partial charge in [0.2, 0.25) is 0 Å². The topological polar surface area (TPSA) is 68.9 Å². The van der Waals surface area contributed by atoms with E-state index >= 15 is 0 Å². The van der Waals surface area contributed by atoms with Crippen molar-refractivity contribution in [2.45, 2.75) is 25.7 Å². The lowest BCUT2D eigenvalue weighted by Crippen LogP contribution is -2.35. The molecule has 1 aliphatic rings. The predicted molar refractivity (Wildman–Crippen MR) is 85.9 cm³/mol. The summed E-state index contributed by atoms with van der Waals surface area (Å²) >= 11 is 0. The van der Waals surface area contributed by atoms with Crippen LogP contribution in [-0.4, -0.2) is 33.3 Å². The Morgan fingerprint density at radius 1 is 1.29 bits per heavy atom. The van der Waals surface area contributed by atoms with Gasteiger partial charge in [-0.05, 0) is 48.9 Å². The van der Waals surface area contributed by atoms with E-state index < -0.39 is 0 Å². The second-order valence-electron chi connectivity index (χ2n) is 5.65. The Hall–Kier alpha value is -1.75. The Morgan fingerprint density at radius 3 is 2.52 bits per heavy atom. The molecule has 1 saturated carbocycles. The zero-order valence-corrected chi connectivity index (χ0v) is 12.9.